The van der Waals surface area contributed by atoms with Gasteiger partial charge in [-0.25, -0.2) is 10.3 Å². The fraction of sp³-hybridized carbons (Fsp3) is 0.622. The van der Waals surface area contributed by atoms with Crippen molar-refractivity contribution in [1.82, 2.24) is 53.0 Å². The summed E-state index contributed by atoms with van der Waals surface area (Å²) in [5.74, 6) is -5.28. The average Bonchev–Trinajstić information content (AvgIpc) is 4.00. The van der Waals surface area contributed by atoms with Crippen LogP contribution in [0.25, 0.3) is 10.9 Å². The molecular formula is C45H69N11O10S. The topological polar surface area (TPSA) is 324 Å². The first-order chi connectivity index (χ1) is 32.0. The first-order valence-electron chi connectivity index (χ1n) is 23.2. The quantitative estimate of drug-likeness (QED) is 0.0231. The first-order valence-corrected chi connectivity index (χ1v) is 24.2. The van der Waals surface area contributed by atoms with Crippen LogP contribution in [-0.4, -0.2) is 124 Å². The maximum atomic E-state index is 14.0. The number of H-pyrrole nitrogens is 1. The Bertz CT molecular complexity index is 2050. The lowest BCUT2D eigenvalue weighted by Gasteiger charge is -2.28. The second-order valence-corrected chi connectivity index (χ2v) is 19.1. The summed E-state index contributed by atoms with van der Waals surface area (Å²) in [6.45, 7) is 6.64. The Labute approximate surface area is 394 Å². The summed E-state index contributed by atoms with van der Waals surface area (Å²) < 4.78 is 0. The lowest BCUT2D eigenvalue weighted by atomic mass is 9.91. The molecule has 13 N–H and O–H groups in total. The molecule has 2 aliphatic rings. The molecule has 0 bridgehead atoms. The van der Waals surface area contributed by atoms with Crippen molar-refractivity contribution in [3.8, 4) is 0 Å². The highest BCUT2D eigenvalue weighted by molar-refractivity contribution is 8.00. The molecule has 1 aromatic carbocycles. The molecule has 4 rings (SSSR count). The van der Waals surface area contributed by atoms with Crippen LogP contribution in [0.15, 0.2) is 30.5 Å². The Morgan fingerprint density at radius 3 is 2.28 bits per heavy atom. The zero-order valence-electron chi connectivity index (χ0n) is 38.8. The maximum absolute atomic E-state index is 14.0. The van der Waals surface area contributed by atoms with Gasteiger partial charge in [-0.1, -0.05) is 58.7 Å². The minimum atomic E-state index is -1.22. The molecule has 3 heterocycles. The Hall–Kier alpha value is -5.90. The summed E-state index contributed by atoms with van der Waals surface area (Å²) in [5, 5.41) is 32.0. The number of amides is 10. The number of para-hydroxylation sites is 1. The smallest absolute Gasteiger partial charge is 0.315 e. The second-order valence-electron chi connectivity index (χ2n) is 17.8. The third kappa shape index (κ3) is 17.4. The van der Waals surface area contributed by atoms with Gasteiger partial charge in [0.1, 0.15) is 18.1 Å². The van der Waals surface area contributed by atoms with E-state index in [1.165, 1.54) is 0 Å². The number of nitrogens with one attached hydrogen (secondary N) is 10. The molecule has 10 amide bonds. The predicted molar refractivity (Wildman–Crippen MR) is 251 cm³/mol. The molecule has 0 spiro atoms. The van der Waals surface area contributed by atoms with Gasteiger partial charge in [0.15, 0.2) is 0 Å². The van der Waals surface area contributed by atoms with Gasteiger partial charge in [-0.2, -0.15) is 11.8 Å². The Balaban J connectivity index is 1.23. The number of fused-ring (bicyclic) bond motifs is 2. The number of aromatic nitrogens is 1. The molecule has 1 aromatic heterocycles. The van der Waals surface area contributed by atoms with Crippen molar-refractivity contribution in [2.24, 2.45) is 23.5 Å². The molecule has 370 valence electrons. The van der Waals surface area contributed by atoms with Crippen LogP contribution in [0.1, 0.15) is 97.5 Å². The number of urea groups is 1. The van der Waals surface area contributed by atoms with E-state index in [-0.39, 0.29) is 49.2 Å². The number of benzene rings is 1. The molecule has 2 saturated heterocycles. The molecule has 0 saturated carbocycles. The number of rotatable bonds is 29. The SMILES string of the molecule is CC[C@H](C)[C@H](NC(=O)C(CC(=O)NO)CC(C)C)C(=O)N[C@@H](Cc1c[nH]c2ccccc12)C(=O)NCC(=O)NCC(=O)N[C@@H](CCCCNC(=O)CCCC[C@@H]1SC[C@@H]2NC(=O)N[C@@H]21)C(N)=O. The van der Waals surface area contributed by atoms with Gasteiger partial charge in [-0.15, -0.1) is 0 Å². The molecule has 21 nitrogen and oxygen atoms in total. The highest BCUT2D eigenvalue weighted by atomic mass is 32.2. The number of hydrogen-bond acceptors (Lipinski definition) is 11. The molecular weight excluding hydrogens is 887 g/mol. The molecule has 1 unspecified atom stereocenters. The van der Waals surface area contributed by atoms with Gasteiger partial charge in [0.2, 0.25) is 47.3 Å². The number of unbranched alkanes of at least 4 members (excludes halogenated alkanes) is 2. The van der Waals surface area contributed by atoms with Gasteiger partial charge in [-0.3, -0.25) is 43.6 Å². The number of primary amides is 1. The van der Waals surface area contributed by atoms with Crippen LogP contribution < -0.4 is 53.7 Å². The zero-order chi connectivity index (χ0) is 49.0. The van der Waals surface area contributed by atoms with Gasteiger partial charge in [-0.05, 0) is 62.0 Å². The van der Waals surface area contributed by atoms with Crippen LogP contribution in [0.4, 0.5) is 4.79 Å². The van der Waals surface area contributed by atoms with Crippen LogP contribution in [0.2, 0.25) is 0 Å². The van der Waals surface area contributed by atoms with Crippen molar-refractivity contribution in [3.05, 3.63) is 36.0 Å². The molecule has 2 fully saturated rings. The Morgan fingerprint density at radius 2 is 1.57 bits per heavy atom. The third-order valence-electron chi connectivity index (χ3n) is 12.1. The fourth-order valence-corrected chi connectivity index (χ4v) is 9.76. The number of hydrogen-bond donors (Lipinski definition) is 12. The molecule has 0 radical (unpaired) electrons. The van der Waals surface area contributed by atoms with E-state index >= 15 is 0 Å². The fourth-order valence-electron chi connectivity index (χ4n) is 8.21. The van der Waals surface area contributed by atoms with Gasteiger partial charge in [0.05, 0.1) is 25.2 Å². The number of aromatic amines is 1. The minimum Gasteiger partial charge on any atom is -0.368 e. The minimum absolute atomic E-state index is 0.00277. The van der Waals surface area contributed by atoms with Crippen molar-refractivity contribution in [2.75, 3.05) is 25.4 Å². The molecule has 2 aromatic rings. The molecule has 22 heteroatoms. The monoisotopic (exact) mass is 955 g/mol. The van der Waals surface area contributed by atoms with Crippen LogP contribution in [-0.2, 0) is 44.8 Å². The van der Waals surface area contributed by atoms with Crippen LogP contribution in [0.3, 0.4) is 0 Å². The highest BCUT2D eigenvalue weighted by Gasteiger charge is 2.42. The van der Waals surface area contributed by atoms with Gasteiger partial charge in [0, 0.05) is 59.8 Å². The molecule has 2 aliphatic heterocycles. The standard InChI is InChI=1S/C45H69N11O10S/c1-5-26(4)39(54-42(62)27(18-25(2)3)20-36(58)56-66)44(64)52-32(19-28-21-48-30-13-7-6-12-29(28)30)43(63)50-22-37(59)49-23-38(60)51-31(41(46)61)14-10-11-17-47-35(57)16-9-8-15-34-40-33(24-67-34)53-45(65)55-40/h6-7,12-13,21,25-27,31-34,39-40,48,66H,5,8-11,14-20,22-24H2,1-4H3,(H2,46,61)(H,47,57)(H,49,59)(H,50,63)(H,51,60)(H,52,64)(H,54,62)(H,56,58)(H2,53,55,65)/t26-,27?,31-,32-,33-,34-,39-,40-/m0/s1. The average molecular weight is 956 g/mol. The van der Waals surface area contributed by atoms with E-state index in [1.54, 1.807) is 18.6 Å². The van der Waals surface area contributed by atoms with Crippen LogP contribution in [0.5, 0.6) is 0 Å². The predicted octanol–water partition coefficient (Wildman–Crippen LogP) is 0.499. The third-order valence-corrected chi connectivity index (χ3v) is 13.6. The molecule has 0 aliphatic carbocycles. The van der Waals surface area contributed by atoms with Crippen molar-refractivity contribution in [3.63, 3.8) is 0 Å². The Morgan fingerprint density at radius 1 is 0.821 bits per heavy atom. The lowest BCUT2D eigenvalue weighted by molar-refractivity contribution is -0.137. The normalized spacial score (nSPS) is 18.5. The van der Waals surface area contributed by atoms with E-state index in [4.69, 9.17) is 10.9 Å². The van der Waals surface area contributed by atoms with Gasteiger partial charge in [0.25, 0.3) is 0 Å². The van der Waals surface area contributed by atoms with E-state index in [9.17, 15) is 43.2 Å². The van der Waals surface area contributed by atoms with Crippen molar-refractivity contribution in [1.29, 1.82) is 0 Å². The summed E-state index contributed by atoms with van der Waals surface area (Å²) in [6, 6.07) is 4.21. The van der Waals surface area contributed by atoms with E-state index < -0.39 is 84.4 Å². The summed E-state index contributed by atoms with van der Waals surface area (Å²) in [6.07, 6.45) is 6.30. The number of carbonyl (C=O) groups excluding carboxylic acids is 9. The zero-order valence-corrected chi connectivity index (χ0v) is 39.6. The largest absolute Gasteiger partial charge is 0.368 e. The first kappa shape index (κ1) is 53.7. The van der Waals surface area contributed by atoms with E-state index in [0.717, 1.165) is 35.9 Å². The number of hydroxylamine groups is 1. The number of carbonyl (C=O) groups is 9. The van der Waals surface area contributed by atoms with Crippen LogP contribution in [0, 0.1) is 17.8 Å². The summed E-state index contributed by atoms with van der Waals surface area (Å²) in [5.41, 5.74) is 8.58. The highest BCUT2D eigenvalue weighted by Crippen LogP contribution is 2.33. The van der Waals surface area contributed by atoms with Crippen molar-refractivity contribution in [2.45, 2.75) is 134 Å². The van der Waals surface area contributed by atoms with Gasteiger partial charge >= 0.3 is 6.03 Å². The van der Waals surface area contributed by atoms with Crippen molar-refractivity contribution < 1.29 is 48.4 Å². The summed E-state index contributed by atoms with van der Waals surface area (Å²) >= 11 is 1.84. The van der Waals surface area contributed by atoms with E-state index in [0.29, 0.717) is 49.5 Å². The van der Waals surface area contributed by atoms with E-state index in [1.807, 2.05) is 56.8 Å². The molecule has 8 atom stereocenters. The lowest BCUT2D eigenvalue weighted by Crippen LogP contribution is -2.57. The summed E-state index contributed by atoms with van der Waals surface area (Å²) in [4.78, 5) is 118. The summed E-state index contributed by atoms with van der Waals surface area (Å²) in [7, 11) is 0. The number of thioether (sulfide) groups is 1. The second kappa shape index (κ2) is 27.0. The van der Waals surface area contributed by atoms with E-state index in [2.05, 4.69) is 47.5 Å². The Kier molecular flexibility index (Phi) is 21.7. The van der Waals surface area contributed by atoms with Gasteiger partial charge < -0.3 is 53.3 Å². The molecule has 67 heavy (non-hydrogen) atoms. The maximum Gasteiger partial charge on any atom is 0.315 e. The van der Waals surface area contributed by atoms with Crippen molar-refractivity contribution >= 4 is 76.0 Å². The van der Waals surface area contributed by atoms with Crippen LogP contribution >= 0.6 is 11.8 Å². The number of nitrogens with two attached hydrogens (primary N) is 1.